The molecule has 0 aliphatic heterocycles. The fraction of sp³-hybridized carbons (Fsp3) is 0.120. The minimum atomic E-state index is -0.570. The van der Waals surface area contributed by atoms with E-state index in [9.17, 15) is 14.9 Å². The minimum Gasteiger partial charge on any atom is -0.470 e. The minimum absolute atomic E-state index is 0.0334. The third-order valence-corrected chi connectivity index (χ3v) is 5.58. The lowest BCUT2D eigenvalue weighted by atomic mass is 10.2. The van der Waals surface area contributed by atoms with E-state index in [0.717, 1.165) is 11.1 Å². The van der Waals surface area contributed by atoms with Gasteiger partial charge in [-0.15, -0.1) is 0 Å². The van der Waals surface area contributed by atoms with Crippen molar-refractivity contribution >= 4 is 40.5 Å². The van der Waals surface area contributed by atoms with Crippen LogP contribution in [0.4, 0.5) is 11.4 Å². The summed E-state index contributed by atoms with van der Waals surface area (Å²) in [6.07, 6.45) is 1.57. The van der Waals surface area contributed by atoms with Crippen molar-refractivity contribution in [2.45, 2.75) is 20.6 Å². The summed E-state index contributed by atoms with van der Waals surface area (Å²) in [4.78, 5) is 23.6. The highest BCUT2D eigenvalue weighted by atomic mass is 35.5. The molecule has 184 valence electrons. The fourth-order valence-corrected chi connectivity index (χ4v) is 3.68. The third-order valence-electron chi connectivity index (χ3n) is 5.04. The van der Waals surface area contributed by atoms with Crippen LogP contribution in [0.25, 0.3) is 0 Å². The van der Waals surface area contributed by atoms with Crippen LogP contribution in [0.1, 0.15) is 21.6 Å². The van der Waals surface area contributed by atoms with Crippen LogP contribution in [-0.2, 0) is 6.73 Å². The highest BCUT2D eigenvalue weighted by molar-refractivity contribution is 6.32. The molecule has 4 rings (SSSR count). The Morgan fingerprint density at radius 1 is 1.06 bits per heavy atom. The van der Waals surface area contributed by atoms with Crippen LogP contribution < -0.4 is 14.8 Å². The summed E-state index contributed by atoms with van der Waals surface area (Å²) in [5.41, 5.74) is 1.76. The highest BCUT2D eigenvalue weighted by Gasteiger charge is 2.16. The molecule has 0 saturated carbocycles. The number of nitrogens with one attached hydrogen (secondary N) is 1. The molecule has 4 aromatic rings. The van der Waals surface area contributed by atoms with Crippen molar-refractivity contribution in [1.82, 2.24) is 9.78 Å². The van der Waals surface area contributed by atoms with E-state index >= 15 is 0 Å². The number of carbonyl (C=O) groups is 1. The summed E-state index contributed by atoms with van der Waals surface area (Å²) in [5, 5.41) is 19.3. The van der Waals surface area contributed by atoms with Crippen LogP contribution in [0.15, 0.2) is 66.9 Å². The third kappa shape index (κ3) is 6.12. The molecule has 0 bridgehead atoms. The Kier molecular flexibility index (Phi) is 7.42. The lowest BCUT2D eigenvalue weighted by Gasteiger charge is -2.11. The summed E-state index contributed by atoms with van der Waals surface area (Å²) in [5.74, 6) is 0.596. The summed E-state index contributed by atoms with van der Waals surface area (Å²) in [6.45, 7) is 3.75. The van der Waals surface area contributed by atoms with Crippen molar-refractivity contribution in [2.75, 3.05) is 5.32 Å². The molecule has 0 saturated heterocycles. The number of nitrogens with zero attached hydrogens (tertiary/aromatic N) is 3. The normalized spacial score (nSPS) is 10.7. The van der Waals surface area contributed by atoms with E-state index in [1.807, 2.05) is 13.0 Å². The van der Waals surface area contributed by atoms with E-state index in [4.69, 9.17) is 32.7 Å². The lowest BCUT2D eigenvalue weighted by molar-refractivity contribution is -0.384. The molecule has 11 heteroatoms. The van der Waals surface area contributed by atoms with Gasteiger partial charge in [0.1, 0.15) is 17.2 Å². The van der Waals surface area contributed by atoms with Gasteiger partial charge in [-0.2, -0.15) is 5.10 Å². The second-order valence-corrected chi connectivity index (χ2v) is 8.73. The number of aromatic nitrogens is 2. The number of carbonyl (C=O) groups excluding carboxylic acids is 1. The Balaban J connectivity index is 1.48. The van der Waals surface area contributed by atoms with Crippen LogP contribution in [0.3, 0.4) is 0 Å². The van der Waals surface area contributed by atoms with E-state index < -0.39 is 10.8 Å². The highest BCUT2D eigenvalue weighted by Crippen LogP contribution is 2.32. The SMILES string of the molecule is Cc1ccc(Cl)c(OCn2ccc(C(=O)Nc3cc(Oc4ccc(Cl)cc4C)cc([N+](=O)[O-])c3)n2)c1. The van der Waals surface area contributed by atoms with Crippen LogP contribution in [-0.4, -0.2) is 20.6 Å². The largest absolute Gasteiger partial charge is 0.470 e. The van der Waals surface area contributed by atoms with Gasteiger partial charge in [-0.3, -0.25) is 14.9 Å². The van der Waals surface area contributed by atoms with Crippen molar-refractivity contribution in [1.29, 1.82) is 0 Å². The van der Waals surface area contributed by atoms with E-state index in [1.165, 1.54) is 28.9 Å². The maximum Gasteiger partial charge on any atom is 0.276 e. The molecular formula is C25H20Cl2N4O5. The van der Waals surface area contributed by atoms with Gasteiger partial charge >= 0.3 is 0 Å². The van der Waals surface area contributed by atoms with Gasteiger partial charge in [0.15, 0.2) is 12.4 Å². The summed E-state index contributed by atoms with van der Waals surface area (Å²) >= 11 is 12.1. The number of aryl methyl sites for hydroxylation is 2. The molecule has 0 aliphatic rings. The van der Waals surface area contributed by atoms with E-state index in [1.54, 1.807) is 43.5 Å². The van der Waals surface area contributed by atoms with Crippen LogP contribution >= 0.6 is 23.2 Å². The van der Waals surface area contributed by atoms with Crippen molar-refractivity contribution < 1.29 is 19.2 Å². The maximum atomic E-state index is 12.8. The molecule has 36 heavy (non-hydrogen) atoms. The lowest BCUT2D eigenvalue weighted by Crippen LogP contribution is -2.14. The number of hydrogen-bond donors (Lipinski definition) is 1. The molecule has 0 fully saturated rings. The molecule has 0 spiro atoms. The number of anilines is 1. The number of rotatable bonds is 8. The molecule has 3 aromatic carbocycles. The number of halogens is 2. The summed E-state index contributed by atoms with van der Waals surface area (Å²) < 4.78 is 12.9. The number of amides is 1. The van der Waals surface area contributed by atoms with Crippen LogP contribution in [0.5, 0.6) is 17.2 Å². The predicted octanol–water partition coefficient (Wildman–Crippen LogP) is 6.80. The molecule has 1 heterocycles. The van der Waals surface area contributed by atoms with E-state index in [0.29, 0.717) is 21.5 Å². The van der Waals surface area contributed by atoms with Crippen molar-refractivity contribution in [3.63, 3.8) is 0 Å². The monoisotopic (exact) mass is 526 g/mol. The van der Waals surface area contributed by atoms with Crippen LogP contribution in [0, 0.1) is 24.0 Å². The maximum absolute atomic E-state index is 12.8. The molecular weight excluding hydrogens is 507 g/mol. The quantitative estimate of drug-likeness (QED) is 0.200. The van der Waals surface area contributed by atoms with Gasteiger partial charge in [-0.25, -0.2) is 4.68 Å². The number of hydrogen-bond acceptors (Lipinski definition) is 6. The molecule has 1 aromatic heterocycles. The van der Waals surface area contributed by atoms with Gasteiger partial charge in [0, 0.05) is 23.4 Å². The Hall–Kier alpha value is -4.08. The van der Waals surface area contributed by atoms with Gasteiger partial charge in [-0.05, 0) is 61.4 Å². The van der Waals surface area contributed by atoms with Crippen LogP contribution in [0.2, 0.25) is 10.0 Å². The number of nitro benzene ring substituents is 1. The smallest absolute Gasteiger partial charge is 0.276 e. The first kappa shape index (κ1) is 25.0. The molecule has 0 unspecified atom stereocenters. The summed E-state index contributed by atoms with van der Waals surface area (Å²) in [7, 11) is 0. The first-order valence-electron chi connectivity index (χ1n) is 10.7. The van der Waals surface area contributed by atoms with Crippen molar-refractivity contribution in [3.8, 4) is 17.2 Å². The van der Waals surface area contributed by atoms with Gasteiger partial charge in [0.25, 0.3) is 11.6 Å². The van der Waals surface area contributed by atoms with Gasteiger partial charge < -0.3 is 14.8 Å². The molecule has 9 nitrogen and oxygen atoms in total. The van der Waals surface area contributed by atoms with Crippen molar-refractivity contribution in [3.05, 3.63) is 104 Å². The average Bonchev–Trinajstić information content (AvgIpc) is 3.31. The zero-order chi connectivity index (χ0) is 25.8. The average molecular weight is 527 g/mol. The molecule has 1 amide bonds. The molecule has 0 aliphatic carbocycles. The van der Waals surface area contributed by atoms with Gasteiger partial charge in [0.2, 0.25) is 0 Å². The fourth-order valence-electron chi connectivity index (χ4n) is 3.28. The molecule has 0 radical (unpaired) electrons. The Morgan fingerprint density at radius 3 is 2.61 bits per heavy atom. The first-order chi connectivity index (χ1) is 17.2. The topological polar surface area (TPSA) is 109 Å². The molecule has 0 atom stereocenters. The van der Waals surface area contributed by atoms with E-state index in [-0.39, 0.29) is 29.5 Å². The number of benzene rings is 3. The van der Waals surface area contributed by atoms with Gasteiger partial charge in [-0.1, -0.05) is 29.3 Å². The number of nitro groups is 1. The Labute approximate surface area is 216 Å². The van der Waals surface area contributed by atoms with Crippen molar-refractivity contribution in [2.24, 2.45) is 0 Å². The Bertz CT molecular complexity index is 1450. The second-order valence-electron chi connectivity index (χ2n) is 7.89. The molecule has 1 N–H and O–H groups in total. The number of ether oxygens (including phenoxy) is 2. The zero-order valence-electron chi connectivity index (χ0n) is 19.2. The van der Waals surface area contributed by atoms with E-state index in [2.05, 4.69) is 10.4 Å². The standard InChI is InChI=1S/C25H20Cl2N4O5/c1-15-3-5-21(27)24(9-15)35-14-30-8-7-22(29-30)25(32)28-18-11-19(31(33)34)13-20(12-18)36-23-6-4-17(26)10-16(23)2/h3-13H,14H2,1-2H3,(H,28,32). The second kappa shape index (κ2) is 10.7. The first-order valence-corrected chi connectivity index (χ1v) is 11.4. The van der Waals surface area contributed by atoms with Gasteiger partial charge in [0.05, 0.1) is 21.7 Å². The Morgan fingerprint density at radius 2 is 1.86 bits per heavy atom. The summed E-state index contributed by atoms with van der Waals surface area (Å²) in [6, 6.07) is 15.9. The predicted molar refractivity (Wildman–Crippen MR) is 136 cm³/mol. The number of non-ortho nitro benzene ring substituents is 1. The zero-order valence-corrected chi connectivity index (χ0v) is 20.7.